The first-order valence-electron chi connectivity index (χ1n) is 11.4. The first kappa shape index (κ1) is 19.9. The third kappa shape index (κ3) is 3.87. The summed E-state index contributed by atoms with van der Waals surface area (Å²) in [5.74, 6) is 1.79. The molecule has 6 nitrogen and oxygen atoms in total. The number of amides is 2. The van der Waals surface area contributed by atoms with Gasteiger partial charge in [-0.2, -0.15) is 0 Å². The summed E-state index contributed by atoms with van der Waals surface area (Å²) in [5.41, 5.74) is 5.32. The predicted octanol–water partition coefficient (Wildman–Crippen LogP) is 5.12. The van der Waals surface area contributed by atoms with Crippen LogP contribution in [0.4, 0.5) is 4.79 Å². The zero-order chi connectivity index (χ0) is 21.4. The predicted molar refractivity (Wildman–Crippen MR) is 122 cm³/mol. The van der Waals surface area contributed by atoms with E-state index >= 15 is 0 Å². The topological polar surface area (TPSA) is 61.5 Å². The van der Waals surface area contributed by atoms with Crippen LogP contribution in [-0.4, -0.2) is 51.5 Å². The highest BCUT2D eigenvalue weighted by Crippen LogP contribution is 2.31. The average molecular weight is 419 g/mol. The normalized spacial score (nSPS) is 19.1. The standard InChI is InChI=1S/C25H30N4O2/c1-3-21-6-4-5-11-29(21)25(30)28-12-13-31-24-10-8-18(14-20(24)16-28)19-7-9-22-23(15-19)27-17(2)26-22/h7-10,14-15,21H,3-6,11-13,16H2,1-2H3,(H,26,27). The number of carbonyl (C=O) groups excluding carboxylic acids is 1. The largest absolute Gasteiger partial charge is 0.491 e. The Bertz CT molecular complexity index is 1110. The zero-order valence-corrected chi connectivity index (χ0v) is 18.4. The summed E-state index contributed by atoms with van der Waals surface area (Å²) in [4.78, 5) is 25.2. The van der Waals surface area contributed by atoms with Gasteiger partial charge in [-0.3, -0.25) is 0 Å². The summed E-state index contributed by atoms with van der Waals surface area (Å²) in [6.07, 6.45) is 4.45. The molecule has 0 spiro atoms. The Labute approximate surface area is 183 Å². The van der Waals surface area contributed by atoms with E-state index in [1.807, 2.05) is 24.0 Å². The van der Waals surface area contributed by atoms with Crippen LogP contribution in [0.2, 0.25) is 0 Å². The number of imidazole rings is 1. The zero-order valence-electron chi connectivity index (χ0n) is 18.4. The Hall–Kier alpha value is -3.02. The Kier molecular flexibility index (Phi) is 5.30. The molecule has 3 aromatic rings. The van der Waals surface area contributed by atoms with Gasteiger partial charge < -0.3 is 19.5 Å². The first-order chi connectivity index (χ1) is 15.1. The van der Waals surface area contributed by atoms with Crippen LogP contribution < -0.4 is 4.74 Å². The number of nitrogens with zero attached hydrogens (tertiary/aromatic N) is 3. The molecule has 31 heavy (non-hydrogen) atoms. The minimum Gasteiger partial charge on any atom is -0.491 e. The second-order valence-electron chi connectivity index (χ2n) is 8.68. The van der Waals surface area contributed by atoms with Gasteiger partial charge >= 0.3 is 6.03 Å². The van der Waals surface area contributed by atoms with Crippen LogP contribution >= 0.6 is 0 Å². The van der Waals surface area contributed by atoms with Gasteiger partial charge in [0.25, 0.3) is 0 Å². The number of ether oxygens (including phenoxy) is 1. The van der Waals surface area contributed by atoms with Crippen LogP contribution in [0, 0.1) is 6.92 Å². The molecule has 2 aliphatic rings. The van der Waals surface area contributed by atoms with Gasteiger partial charge in [-0.15, -0.1) is 0 Å². The second-order valence-corrected chi connectivity index (χ2v) is 8.68. The van der Waals surface area contributed by atoms with Crippen LogP contribution in [0.5, 0.6) is 5.75 Å². The van der Waals surface area contributed by atoms with E-state index in [1.54, 1.807) is 0 Å². The van der Waals surface area contributed by atoms with Crippen molar-refractivity contribution in [2.45, 2.75) is 52.1 Å². The van der Waals surface area contributed by atoms with Crippen molar-refractivity contribution in [1.29, 1.82) is 0 Å². The van der Waals surface area contributed by atoms with Gasteiger partial charge in [0, 0.05) is 18.2 Å². The van der Waals surface area contributed by atoms with Gasteiger partial charge in [0.2, 0.25) is 0 Å². The fraction of sp³-hybridized carbons (Fsp3) is 0.440. The van der Waals surface area contributed by atoms with Gasteiger partial charge in [-0.25, -0.2) is 9.78 Å². The van der Waals surface area contributed by atoms with Gasteiger partial charge in [0.05, 0.1) is 24.1 Å². The van der Waals surface area contributed by atoms with E-state index in [-0.39, 0.29) is 6.03 Å². The van der Waals surface area contributed by atoms with Crippen LogP contribution in [0.1, 0.15) is 44.0 Å². The molecule has 2 amide bonds. The Morgan fingerprint density at radius 3 is 2.87 bits per heavy atom. The molecule has 1 fully saturated rings. The molecule has 1 atom stereocenters. The Morgan fingerprint density at radius 1 is 1.16 bits per heavy atom. The van der Waals surface area contributed by atoms with Crippen LogP contribution in [0.3, 0.4) is 0 Å². The van der Waals surface area contributed by atoms with Crippen molar-refractivity contribution in [2.75, 3.05) is 19.7 Å². The molecule has 0 saturated carbocycles. The first-order valence-corrected chi connectivity index (χ1v) is 11.4. The Morgan fingerprint density at radius 2 is 2.00 bits per heavy atom. The number of piperidine rings is 1. The van der Waals surface area contributed by atoms with Gasteiger partial charge in [-0.05, 0) is 68.0 Å². The second kappa shape index (κ2) is 8.25. The van der Waals surface area contributed by atoms with E-state index < -0.39 is 0 Å². The molecular weight excluding hydrogens is 388 g/mol. The molecular formula is C25H30N4O2. The smallest absolute Gasteiger partial charge is 0.320 e. The van der Waals surface area contributed by atoms with Crippen LogP contribution in [0.15, 0.2) is 36.4 Å². The minimum absolute atomic E-state index is 0.155. The summed E-state index contributed by atoms with van der Waals surface area (Å²) in [6.45, 7) is 6.75. The number of benzene rings is 2. The third-order valence-electron chi connectivity index (χ3n) is 6.59. The maximum Gasteiger partial charge on any atom is 0.320 e. The van der Waals surface area contributed by atoms with Gasteiger partial charge in [0.1, 0.15) is 18.2 Å². The molecule has 162 valence electrons. The molecule has 1 saturated heterocycles. The van der Waals surface area contributed by atoms with Crippen LogP contribution in [0.25, 0.3) is 22.2 Å². The number of rotatable bonds is 2. The number of urea groups is 1. The van der Waals surface area contributed by atoms with Crippen LogP contribution in [-0.2, 0) is 6.54 Å². The number of hydrogen-bond donors (Lipinski definition) is 1. The number of H-pyrrole nitrogens is 1. The van der Waals surface area contributed by atoms with Crippen molar-refractivity contribution in [3.05, 3.63) is 47.8 Å². The quantitative estimate of drug-likeness (QED) is 0.628. The lowest BCUT2D eigenvalue weighted by Gasteiger charge is -2.38. The molecule has 1 aromatic heterocycles. The fourth-order valence-electron chi connectivity index (χ4n) is 4.91. The van der Waals surface area contributed by atoms with Crippen molar-refractivity contribution >= 4 is 17.1 Å². The molecule has 0 bridgehead atoms. The molecule has 2 aromatic carbocycles. The molecule has 1 N–H and O–H groups in total. The molecule has 0 radical (unpaired) electrons. The van der Waals surface area contributed by atoms with Gasteiger partial charge in [-0.1, -0.05) is 19.1 Å². The van der Waals surface area contributed by atoms with E-state index in [9.17, 15) is 4.79 Å². The number of aromatic amines is 1. The molecule has 0 aliphatic carbocycles. The molecule has 2 aliphatic heterocycles. The summed E-state index contributed by atoms with van der Waals surface area (Å²) in [7, 11) is 0. The van der Waals surface area contributed by atoms with E-state index in [4.69, 9.17) is 4.74 Å². The van der Waals surface area contributed by atoms with Crippen molar-refractivity contribution in [3.63, 3.8) is 0 Å². The molecule has 6 heteroatoms. The van der Waals surface area contributed by atoms with E-state index in [1.165, 1.54) is 6.42 Å². The third-order valence-corrected chi connectivity index (χ3v) is 6.59. The number of fused-ring (bicyclic) bond motifs is 2. The highest BCUT2D eigenvalue weighted by Gasteiger charge is 2.30. The number of carbonyl (C=O) groups is 1. The summed E-state index contributed by atoms with van der Waals surface area (Å²) in [6, 6.07) is 13.1. The number of likely N-dealkylation sites (tertiary alicyclic amines) is 1. The lowest BCUT2D eigenvalue weighted by Crippen LogP contribution is -2.50. The molecule has 1 unspecified atom stereocenters. The highest BCUT2D eigenvalue weighted by molar-refractivity contribution is 5.82. The van der Waals surface area contributed by atoms with E-state index in [0.717, 1.165) is 65.1 Å². The van der Waals surface area contributed by atoms with Gasteiger partial charge in [0.15, 0.2) is 0 Å². The van der Waals surface area contributed by atoms with Crippen molar-refractivity contribution < 1.29 is 9.53 Å². The van der Waals surface area contributed by atoms with Crippen molar-refractivity contribution in [3.8, 4) is 16.9 Å². The molecule has 3 heterocycles. The van der Waals surface area contributed by atoms with E-state index in [2.05, 4.69) is 46.1 Å². The SMILES string of the molecule is CCC1CCCCN1C(=O)N1CCOc2ccc(-c3ccc4nc(C)[nH]c4c3)cc2C1. The minimum atomic E-state index is 0.155. The number of nitrogens with one attached hydrogen (secondary N) is 1. The lowest BCUT2D eigenvalue weighted by atomic mass is 10.0. The monoisotopic (exact) mass is 418 g/mol. The fourth-order valence-corrected chi connectivity index (χ4v) is 4.91. The Balaban J connectivity index is 1.42. The van der Waals surface area contributed by atoms with E-state index in [0.29, 0.717) is 25.7 Å². The van der Waals surface area contributed by atoms with Crippen molar-refractivity contribution in [2.24, 2.45) is 0 Å². The lowest BCUT2D eigenvalue weighted by molar-refractivity contribution is 0.109. The summed E-state index contributed by atoms with van der Waals surface area (Å²) >= 11 is 0. The average Bonchev–Trinajstić information content (AvgIpc) is 3.04. The number of aryl methyl sites for hydroxylation is 1. The number of hydrogen-bond acceptors (Lipinski definition) is 3. The summed E-state index contributed by atoms with van der Waals surface area (Å²) in [5, 5.41) is 0. The summed E-state index contributed by atoms with van der Waals surface area (Å²) < 4.78 is 6.01. The number of aromatic nitrogens is 2. The molecule has 5 rings (SSSR count). The maximum atomic E-state index is 13.4. The van der Waals surface area contributed by atoms with Crippen molar-refractivity contribution in [1.82, 2.24) is 19.8 Å². The maximum absolute atomic E-state index is 13.4. The highest BCUT2D eigenvalue weighted by atomic mass is 16.5.